The highest BCUT2D eigenvalue weighted by molar-refractivity contribution is 6.00. The first-order valence-corrected chi connectivity index (χ1v) is 6.21. The Labute approximate surface area is 115 Å². The molecule has 110 valence electrons. The lowest BCUT2D eigenvalue weighted by Crippen LogP contribution is -2.40. The summed E-state index contributed by atoms with van der Waals surface area (Å²) in [5.41, 5.74) is 5.20. The van der Waals surface area contributed by atoms with Crippen LogP contribution in [0.5, 0.6) is 0 Å². The summed E-state index contributed by atoms with van der Waals surface area (Å²) in [6.45, 7) is 3.95. The number of likely N-dealkylation sites (N-methyl/N-ethyl adjacent to an activating group) is 2. The lowest BCUT2D eigenvalue weighted by Gasteiger charge is -2.21. The van der Waals surface area contributed by atoms with E-state index in [4.69, 9.17) is 5.73 Å². The van der Waals surface area contributed by atoms with Crippen molar-refractivity contribution >= 4 is 17.5 Å². The van der Waals surface area contributed by atoms with Gasteiger partial charge in [0, 0.05) is 24.8 Å². The lowest BCUT2D eigenvalue weighted by molar-refractivity contribution is -0.121. The van der Waals surface area contributed by atoms with E-state index in [1.807, 2.05) is 0 Å². The zero-order chi connectivity index (χ0) is 15.3. The molecule has 20 heavy (non-hydrogen) atoms. The summed E-state index contributed by atoms with van der Waals surface area (Å²) in [6.07, 6.45) is 0. The zero-order valence-corrected chi connectivity index (χ0v) is 11.4. The number of nitrogen functional groups attached to an aromatic ring is 1. The van der Waals surface area contributed by atoms with Crippen molar-refractivity contribution in [3.05, 3.63) is 29.3 Å². The number of hydrogen-bond acceptors (Lipinski definition) is 3. The van der Waals surface area contributed by atoms with Crippen LogP contribution in [0.2, 0.25) is 0 Å². The van der Waals surface area contributed by atoms with Crippen molar-refractivity contribution in [3.8, 4) is 0 Å². The molecule has 0 spiro atoms. The van der Waals surface area contributed by atoms with Gasteiger partial charge in [-0.3, -0.25) is 9.59 Å². The molecule has 0 fully saturated rings. The Bertz CT molecular complexity index is 521. The quantitative estimate of drug-likeness (QED) is 0.797. The number of anilines is 1. The molecule has 0 unspecified atom stereocenters. The Morgan fingerprint density at radius 3 is 2.40 bits per heavy atom. The molecule has 0 heterocycles. The Balaban J connectivity index is 2.97. The van der Waals surface area contributed by atoms with Gasteiger partial charge in [0.05, 0.1) is 12.1 Å². The minimum absolute atomic E-state index is 0.157. The second-order valence-electron chi connectivity index (χ2n) is 4.13. The Hall–Kier alpha value is -2.18. The highest BCUT2D eigenvalue weighted by Gasteiger charge is 2.21. The number of hydrogen-bond donors (Lipinski definition) is 2. The molecule has 0 aliphatic carbocycles. The van der Waals surface area contributed by atoms with Gasteiger partial charge in [0.15, 0.2) is 11.6 Å². The summed E-state index contributed by atoms with van der Waals surface area (Å²) in [6, 6.07) is 1.50. The first kappa shape index (κ1) is 15.9. The number of carbonyl (C=O) groups is 2. The molecule has 1 aromatic carbocycles. The molecule has 0 radical (unpaired) electrons. The van der Waals surface area contributed by atoms with Gasteiger partial charge in [-0.05, 0) is 19.9 Å². The van der Waals surface area contributed by atoms with Gasteiger partial charge in [-0.15, -0.1) is 0 Å². The molecule has 0 aromatic heterocycles. The van der Waals surface area contributed by atoms with Crippen molar-refractivity contribution in [1.29, 1.82) is 0 Å². The molecular formula is C13H17F2N3O2. The number of carbonyl (C=O) groups excluding carboxylic acids is 2. The van der Waals surface area contributed by atoms with E-state index in [0.29, 0.717) is 6.54 Å². The number of amides is 2. The van der Waals surface area contributed by atoms with Crippen molar-refractivity contribution in [3.63, 3.8) is 0 Å². The van der Waals surface area contributed by atoms with Crippen LogP contribution in [0, 0.1) is 11.6 Å². The number of rotatable bonds is 5. The standard InChI is InChI=1S/C13H17F2N3O2/c1-3-17-12(19)7-18(4-2)13(20)8-5-9(14)10(15)6-11(8)16/h5-6H,3-4,7,16H2,1-2H3,(H,17,19). The second kappa shape index (κ2) is 6.83. The third kappa shape index (κ3) is 3.66. The number of nitrogens with zero attached hydrogens (tertiary/aromatic N) is 1. The van der Waals surface area contributed by atoms with E-state index in [2.05, 4.69) is 5.32 Å². The molecule has 0 bridgehead atoms. The molecule has 5 nitrogen and oxygen atoms in total. The van der Waals surface area contributed by atoms with Crippen LogP contribution in [-0.4, -0.2) is 36.3 Å². The minimum Gasteiger partial charge on any atom is -0.398 e. The largest absolute Gasteiger partial charge is 0.398 e. The van der Waals surface area contributed by atoms with Crippen LogP contribution in [0.1, 0.15) is 24.2 Å². The summed E-state index contributed by atoms with van der Waals surface area (Å²) >= 11 is 0. The summed E-state index contributed by atoms with van der Waals surface area (Å²) < 4.78 is 26.2. The van der Waals surface area contributed by atoms with Crippen LogP contribution in [0.3, 0.4) is 0 Å². The molecule has 2 amide bonds. The maximum Gasteiger partial charge on any atom is 0.256 e. The monoisotopic (exact) mass is 285 g/mol. The average Bonchev–Trinajstić information content (AvgIpc) is 2.39. The fourth-order valence-corrected chi connectivity index (χ4v) is 1.67. The molecule has 0 aliphatic rings. The van der Waals surface area contributed by atoms with Gasteiger partial charge in [-0.25, -0.2) is 8.78 Å². The third-order valence-electron chi connectivity index (χ3n) is 2.70. The summed E-state index contributed by atoms with van der Waals surface area (Å²) in [5.74, 6) is -3.22. The van der Waals surface area contributed by atoms with Gasteiger partial charge < -0.3 is 16.0 Å². The van der Waals surface area contributed by atoms with E-state index < -0.39 is 17.5 Å². The van der Waals surface area contributed by atoms with Crippen molar-refractivity contribution in [2.75, 3.05) is 25.4 Å². The van der Waals surface area contributed by atoms with Crippen LogP contribution in [-0.2, 0) is 4.79 Å². The molecule has 1 rings (SSSR count). The van der Waals surface area contributed by atoms with Crippen molar-refractivity contribution < 1.29 is 18.4 Å². The fraction of sp³-hybridized carbons (Fsp3) is 0.385. The van der Waals surface area contributed by atoms with Crippen molar-refractivity contribution in [2.45, 2.75) is 13.8 Å². The molecule has 0 saturated heterocycles. The predicted molar refractivity (Wildman–Crippen MR) is 71.0 cm³/mol. The summed E-state index contributed by atoms with van der Waals surface area (Å²) in [7, 11) is 0. The van der Waals surface area contributed by atoms with Crippen molar-refractivity contribution in [2.24, 2.45) is 0 Å². The number of nitrogens with one attached hydrogen (secondary N) is 1. The lowest BCUT2D eigenvalue weighted by atomic mass is 10.1. The van der Waals surface area contributed by atoms with Crippen molar-refractivity contribution in [1.82, 2.24) is 10.2 Å². The van der Waals surface area contributed by atoms with Gasteiger partial charge in [0.25, 0.3) is 5.91 Å². The van der Waals surface area contributed by atoms with Gasteiger partial charge in [-0.1, -0.05) is 0 Å². The summed E-state index contributed by atoms with van der Waals surface area (Å²) in [5, 5.41) is 2.55. The fourth-order valence-electron chi connectivity index (χ4n) is 1.67. The van der Waals surface area contributed by atoms with Crippen LogP contribution in [0.4, 0.5) is 14.5 Å². The molecule has 0 saturated carbocycles. The highest BCUT2D eigenvalue weighted by atomic mass is 19.2. The average molecular weight is 285 g/mol. The first-order chi connectivity index (χ1) is 9.40. The van der Waals surface area contributed by atoms with Crippen LogP contribution >= 0.6 is 0 Å². The first-order valence-electron chi connectivity index (χ1n) is 6.21. The SMILES string of the molecule is CCNC(=O)CN(CC)C(=O)c1cc(F)c(F)cc1N. The maximum atomic E-state index is 13.2. The maximum absolute atomic E-state index is 13.2. The normalized spacial score (nSPS) is 10.2. The molecule has 3 N–H and O–H groups in total. The molecular weight excluding hydrogens is 268 g/mol. The molecule has 7 heteroatoms. The van der Waals surface area contributed by atoms with E-state index in [1.165, 1.54) is 4.90 Å². The van der Waals surface area contributed by atoms with Gasteiger partial charge >= 0.3 is 0 Å². The number of halogens is 2. The van der Waals surface area contributed by atoms with E-state index >= 15 is 0 Å². The van der Waals surface area contributed by atoms with E-state index in [9.17, 15) is 18.4 Å². The minimum atomic E-state index is -1.16. The smallest absolute Gasteiger partial charge is 0.256 e. The number of benzene rings is 1. The Kier molecular flexibility index (Phi) is 5.42. The summed E-state index contributed by atoms with van der Waals surface area (Å²) in [4.78, 5) is 24.9. The van der Waals surface area contributed by atoms with E-state index in [-0.39, 0.29) is 30.2 Å². The molecule has 0 atom stereocenters. The highest BCUT2D eigenvalue weighted by Crippen LogP contribution is 2.18. The van der Waals surface area contributed by atoms with Crippen LogP contribution in [0.15, 0.2) is 12.1 Å². The van der Waals surface area contributed by atoms with E-state index in [0.717, 1.165) is 12.1 Å². The van der Waals surface area contributed by atoms with Gasteiger partial charge in [0.1, 0.15) is 0 Å². The molecule has 0 aliphatic heterocycles. The predicted octanol–water partition coefficient (Wildman–Crippen LogP) is 1.15. The van der Waals surface area contributed by atoms with Crippen LogP contribution in [0.25, 0.3) is 0 Å². The van der Waals surface area contributed by atoms with E-state index in [1.54, 1.807) is 13.8 Å². The third-order valence-corrected chi connectivity index (χ3v) is 2.70. The second-order valence-corrected chi connectivity index (χ2v) is 4.13. The van der Waals surface area contributed by atoms with Crippen LogP contribution < -0.4 is 11.1 Å². The topological polar surface area (TPSA) is 75.4 Å². The Morgan fingerprint density at radius 2 is 1.85 bits per heavy atom. The van der Waals surface area contributed by atoms with Gasteiger partial charge in [-0.2, -0.15) is 0 Å². The molecule has 1 aromatic rings. The Morgan fingerprint density at radius 1 is 1.25 bits per heavy atom. The zero-order valence-electron chi connectivity index (χ0n) is 11.4. The van der Waals surface area contributed by atoms with Gasteiger partial charge in [0.2, 0.25) is 5.91 Å². The number of nitrogens with two attached hydrogens (primary N) is 1.